The summed E-state index contributed by atoms with van der Waals surface area (Å²) in [6.45, 7) is 17.0. The third-order valence-electron chi connectivity index (χ3n) is 4.31. The Kier molecular flexibility index (Phi) is 7.23. The van der Waals surface area contributed by atoms with E-state index in [9.17, 15) is 4.79 Å². The van der Waals surface area contributed by atoms with Crippen molar-refractivity contribution in [3.8, 4) is 11.5 Å². The molecule has 5 heteroatoms. The molecule has 0 radical (unpaired) electrons. The van der Waals surface area contributed by atoms with Crippen LogP contribution >= 0.6 is 0 Å². The topological polar surface area (TPSA) is 44.8 Å². The molecule has 0 aromatic heterocycles. The van der Waals surface area contributed by atoms with Gasteiger partial charge < -0.3 is 13.9 Å². The molecular formula is C19H30O4Si. The molecule has 0 aliphatic rings. The van der Waals surface area contributed by atoms with E-state index in [1.54, 1.807) is 30.3 Å². The molecule has 1 rings (SSSR count). The average Bonchev–Trinajstić information content (AvgIpc) is 2.46. The Morgan fingerprint density at radius 2 is 1.75 bits per heavy atom. The normalized spacial score (nSPS) is 13.2. The molecule has 134 valence electrons. The Bertz CT molecular complexity index is 543. The van der Waals surface area contributed by atoms with Crippen LogP contribution in [-0.4, -0.2) is 27.0 Å². The maximum atomic E-state index is 10.9. The summed E-state index contributed by atoms with van der Waals surface area (Å²) < 4.78 is 17.1. The number of benzene rings is 1. The molecular weight excluding hydrogens is 320 g/mol. The number of ether oxygens (including phenoxy) is 2. The zero-order valence-electron chi connectivity index (χ0n) is 15.7. The molecule has 24 heavy (non-hydrogen) atoms. The highest BCUT2D eigenvalue weighted by molar-refractivity contribution is 6.74. The maximum absolute atomic E-state index is 10.9. The minimum Gasteiger partial charge on any atom is -0.486 e. The first kappa shape index (κ1) is 20.5. The van der Waals surface area contributed by atoms with Crippen molar-refractivity contribution in [1.82, 2.24) is 0 Å². The first-order chi connectivity index (χ1) is 11.0. The van der Waals surface area contributed by atoms with Crippen LogP contribution in [0.1, 0.15) is 34.1 Å². The number of rotatable bonds is 8. The van der Waals surface area contributed by atoms with Crippen LogP contribution in [0.25, 0.3) is 0 Å². The first-order valence-corrected chi connectivity index (χ1v) is 11.2. The van der Waals surface area contributed by atoms with Gasteiger partial charge in [0.05, 0.1) is 0 Å². The quantitative estimate of drug-likeness (QED) is 0.288. The molecule has 1 unspecified atom stereocenters. The van der Waals surface area contributed by atoms with E-state index in [1.165, 1.54) is 6.92 Å². The number of esters is 1. The van der Waals surface area contributed by atoms with Gasteiger partial charge in [0, 0.05) is 20.0 Å². The van der Waals surface area contributed by atoms with Crippen molar-refractivity contribution in [2.75, 3.05) is 6.61 Å². The maximum Gasteiger partial charge on any atom is 0.308 e. The zero-order valence-corrected chi connectivity index (χ0v) is 16.7. The minimum atomic E-state index is -1.74. The molecule has 0 fully saturated rings. The minimum absolute atomic E-state index is 0.116. The number of hydrogen-bond donors (Lipinski definition) is 0. The fraction of sp³-hybridized carbons (Fsp3) is 0.526. The average molecular weight is 351 g/mol. The molecule has 1 aromatic rings. The third kappa shape index (κ3) is 6.49. The fourth-order valence-corrected chi connectivity index (χ4v) is 2.86. The fourth-order valence-electron chi connectivity index (χ4n) is 1.80. The molecule has 0 saturated carbocycles. The van der Waals surface area contributed by atoms with Gasteiger partial charge >= 0.3 is 5.97 Å². The van der Waals surface area contributed by atoms with Crippen molar-refractivity contribution in [2.45, 2.75) is 58.4 Å². The first-order valence-electron chi connectivity index (χ1n) is 8.27. The lowest BCUT2D eigenvalue weighted by atomic mass is 10.2. The highest BCUT2D eigenvalue weighted by atomic mass is 28.4. The van der Waals surface area contributed by atoms with Crippen LogP contribution in [0.2, 0.25) is 18.1 Å². The highest BCUT2D eigenvalue weighted by Crippen LogP contribution is 2.36. The van der Waals surface area contributed by atoms with Crippen LogP contribution in [-0.2, 0) is 9.22 Å². The summed E-state index contributed by atoms with van der Waals surface area (Å²) >= 11 is 0. The SMILES string of the molecule is C=CC(CCO[Si](C)(C)C(C)(C)C)Oc1ccc(OC(C)=O)cc1. The predicted molar refractivity (Wildman–Crippen MR) is 100 cm³/mol. The molecule has 1 atom stereocenters. The summed E-state index contributed by atoms with van der Waals surface area (Å²) in [6.07, 6.45) is 2.42. The van der Waals surface area contributed by atoms with Gasteiger partial charge in [-0.3, -0.25) is 4.79 Å². The molecule has 0 saturated heterocycles. The van der Waals surface area contributed by atoms with Crippen LogP contribution in [0, 0.1) is 0 Å². The van der Waals surface area contributed by atoms with Gasteiger partial charge in [0.15, 0.2) is 8.32 Å². The van der Waals surface area contributed by atoms with Gasteiger partial charge in [-0.15, -0.1) is 0 Å². The smallest absolute Gasteiger partial charge is 0.308 e. The molecule has 0 spiro atoms. The van der Waals surface area contributed by atoms with E-state index in [2.05, 4.69) is 40.4 Å². The second-order valence-corrected chi connectivity index (χ2v) is 12.2. The summed E-state index contributed by atoms with van der Waals surface area (Å²) in [4.78, 5) is 10.9. The van der Waals surface area contributed by atoms with E-state index in [-0.39, 0.29) is 17.1 Å². The van der Waals surface area contributed by atoms with Crippen molar-refractivity contribution in [3.63, 3.8) is 0 Å². The summed E-state index contributed by atoms with van der Waals surface area (Å²) in [7, 11) is -1.74. The molecule has 0 aliphatic carbocycles. The Hall–Kier alpha value is -1.59. The molecule has 4 nitrogen and oxygen atoms in total. The number of carbonyl (C=O) groups is 1. The Labute approximate surface area is 146 Å². The summed E-state index contributed by atoms with van der Waals surface area (Å²) in [5.74, 6) is 0.879. The van der Waals surface area contributed by atoms with Crippen molar-refractivity contribution in [1.29, 1.82) is 0 Å². The highest BCUT2D eigenvalue weighted by Gasteiger charge is 2.37. The summed E-state index contributed by atoms with van der Waals surface area (Å²) in [6, 6.07) is 6.99. The molecule has 0 heterocycles. The van der Waals surface area contributed by atoms with Crippen LogP contribution in [0.5, 0.6) is 11.5 Å². The van der Waals surface area contributed by atoms with Gasteiger partial charge in [-0.05, 0) is 42.4 Å². The largest absolute Gasteiger partial charge is 0.486 e. The standard InChI is InChI=1S/C19H30O4Si/c1-8-16(13-14-21-24(6,7)19(3,4)5)23-18-11-9-17(10-12-18)22-15(2)20/h8-12,16H,1,13-14H2,2-7H3. The lowest BCUT2D eigenvalue weighted by Gasteiger charge is -2.36. The van der Waals surface area contributed by atoms with E-state index in [1.807, 2.05) is 0 Å². The molecule has 0 amide bonds. The van der Waals surface area contributed by atoms with Crippen molar-refractivity contribution in [3.05, 3.63) is 36.9 Å². The molecule has 0 aliphatic heterocycles. The van der Waals surface area contributed by atoms with E-state index in [4.69, 9.17) is 13.9 Å². The van der Waals surface area contributed by atoms with E-state index in [0.717, 1.165) is 6.42 Å². The predicted octanol–water partition coefficient (Wildman–Crippen LogP) is 4.96. The van der Waals surface area contributed by atoms with Gasteiger partial charge in [0.25, 0.3) is 0 Å². The van der Waals surface area contributed by atoms with E-state index in [0.29, 0.717) is 18.1 Å². The lowest BCUT2D eigenvalue weighted by Crippen LogP contribution is -2.41. The molecule has 0 bridgehead atoms. The van der Waals surface area contributed by atoms with Crippen LogP contribution in [0.15, 0.2) is 36.9 Å². The van der Waals surface area contributed by atoms with Crippen molar-refractivity contribution in [2.24, 2.45) is 0 Å². The second-order valence-electron chi connectivity index (χ2n) is 7.35. The zero-order chi connectivity index (χ0) is 18.4. The summed E-state index contributed by atoms with van der Waals surface area (Å²) in [5.41, 5.74) is 0. The Balaban J connectivity index is 2.53. The molecule has 0 N–H and O–H groups in total. The Morgan fingerprint density at radius 3 is 2.21 bits per heavy atom. The molecule has 1 aromatic carbocycles. The van der Waals surface area contributed by atoms with Gasteiger partial charge in [-0.1, -0.05) is 33.4 Å². The third-order valence-corrected chi connectivity index (χ3v) is 8.85. The van der Waals surface area contributed by atoms with E-state index >= 15 is 0 Å². The van der Waals surface area contributed by atoms with E-state index < -0.39 is 8.32 Å². The second kappa shape index (κ2) is 8.49. The Morgan fingerprint density at radius 1 is 1.21 bits per heavy atom. The number of carbonyl (C=O) groups excluding carboxylic acids is 1. The van der Waals surface area contributed by atoms with Gasteiger partial charge in [0.2, 0.25) is 0 Å². The van der Waals surface area contributed by atoms with Gasteiger partial charge in [-0.25, -0.2) is 0 Å². The number of hydrogen-bond acceptors (Lipinski definition) is 4. The van der Waals surface area contributed by atoms with Crippen molar-refractivity contribution < 1.29 is 18.7 Å². The van der Waals surface area contributed by atoms with Gasteiger partial charge in [-0.2, -0.15) is 0 Å². The van der Waals surface area contributed by atoms with Crippen LogP contribution < -0.4 is 9.47 Å². The van der Waals surface area contributed by atoms with Crippen LogP contribution in [0.3, 0.4) is 0 Å². The monoisotopic (exact) mass is 350 g/mol. The lowest BCUT2D eigenvalue weighted by molar-refractivity contribution is -0.131. The van der Waals surface area contributed by atoms with Crippen molar-refractivity contribution >= 4 is 14.3 Å². The summed E-state index contributed by atoms with van der Waals surface area (Å²) in [5, 5.41) is 0.198. The van der Waals surface area contributed by atoms with Gasteiger partial charge in [0.1, 0.15) is 17.6 Å². The van der Waals surface area contributed by atoms with Crippen LogP contribution in [0.4, 0.5) is 0 Å².